The van der Waals surface area contributed by atoms with Gasteiger partial charge < -0.3 is 21.1 Å². The predicted molar refractivity (Wildman–Crippen MR) is 121 cm³/mol. The van der Waals surface area contributed by atoms with Gasteiger partial charge in [-0.2, -0.15) is 0 Å². The number of nitrogen functional groups attached to an aromatic ring is 1. The van der Waals surface area contributed by atoms with Crippen molar-refractivity contribution in [3.8, 4) is 11.3 Å². The molecule has 4 rings (SSSR count). The Morgan fingerprint density at radius 1 is 1.21 bits per heavy atom. The van der Waals surface area contributed by atoms with Crippen LogP contribution in [0.3, 0.4) is 0 Å². The molecule has 10 nitrogen and oxygen atoms in total. The molecule has 0 bridgehead atoms. The van der Waals surface area contributed by atoms with E-state index in [4.69, 9.17) is 15.6 Å². The number of nitrogens with zero attached hydrogens (tertiary/aromatic N) is 4. The zero-order valence-electron chi connectivity index (χ0n) is 17.8. The normalized spacial score (nSPS) is 14.5. The van der Waals surface area contributed by atoms with Gasteiger partial charge in [0.15, 0.2) is 0 Å². The number of anilines is 1. The number of nitrogens with one attached hydrogen (secondary N) is 1. The van der Waals surface area contributed by atoms with Crippen LogP contribution in [0.2, 0.25) is 0 Å². The lowest BCUT2D eigenvalue weighted by Gasteiger charge is -2.25. The number of hydrogen-bond donors (Lipinski definition) is 3. The maximum absolute atomic E-state index is 13.3. The number of hydrogen-bond acceptors (Lipinski definition) is 7. The summed E-state index contributed by atoms with van der Waals surface area (Å²) in [7, 11) is 0. The molecule has 1 aliphatic rings. The predicted octanol–water partition coefficient (Wildman–Crippen LogP) is 1.74. The quantitative estimate of drug-likeness (QED) is 0.482. The van der Waals surface area contributed by atoms with E-state index in [0.29, 0.717) is 36.6 Å². The summed E-state index contributed by atoms with van der Waals surface area (Å²) in [6, 6.07) is 12.7. The van der Waals surface area contributed by atoms with Gasteiger partial charge in [-0.05, 0) is 30.7 Å². The highest BCUT2D eigenvalue weighted by Crippen LogP contribution is 2.19. The lowest BCUT2D eigenvalue weighted by Crippen LogP contribution is -2.41. The smallest absolute Gasteiger partial charge is 0.290 e. The Labute approximate surface area is 190 Å². The van der Waals surface area contributed by atoms with Gasteiger partial charge in [-0.3, -0.25) is 24.4 Å². The van der Waals surface area contributed by atoms with Crippen LogP contribution < -0.4 is 11.1 Å². The molecule has 0 unspecified atom stereocenters. The van der Waals surface area contributed by atoms with Crippen LogP contribution in [0.15, 0.2) is 61.1 Å². The third kappa shape index (κ3) is 6.57. The topological polar surface area (TPSA) is 151 Å². The Morgan fingerprint density at radius 2 is 1.97 bits per heavy atom. The number of carbonyl (C=O) groups is 3. The summed E-state index contributed by atoms with van der Waals surface area (Å²) in [6.45, 7) is 0.554. The average Bonchev–Trinajstić information content (AvgIpc) is 3.24. The van der Waals surface area contributed by atoms with E-state index in [0.717, 1.165) is 17.7 Å². The average molecular weight is 448 g/mol. The summed E-state index contributed by atoms with van der Waals surface area (Å²) >= 11 is 0. The molecule has 2 aromatic heterocycles. The lowest BCUT2D eigenvalue weighted by molar-refractivity contribution is -0.123. The number of nitrogens with two attached hydrogens (primary N) is 1. The SMILES string of the molecule is Nc1cncc(-c2ccc(C(=O)N(Cc3ccccn3)C[C@@H]3CCC(=O)N3)cc2)n1.O=CO. The molecule has 1 saturated heterocycles. The fraction of sp³-hybridized carbons (Fsp3) is 0.217. The van der Waals surface area contributed by atoms with Crippen LogP contribution in [0, 0.1) is 0 Å². The molecule has 0 radical (unpaired) electrons. The zero-order chi connectivity index (χ0) is 23.6. The number of aromatic nitrogens is 3. The third-order valence-corrected chi connectivity index (χ3v) is 4.97. The van der Waals surface area contributed by atoms with Gasteiger partial charge in [-0.1, -0.05) is 18.2 Å². The van der Waals surface area contributed by atoms with Crippen molar-refractivity contribution in [2.24, 2.45) is 0 Å². The highest BCUT2D eigenvalue weighted by molar-refractivity contribution is 5.94. The van der Waals surface area contributed by atoms with Gasteiger partial charge in [0.2, 0.25) is 5.91 Å². The van der Waals surface area contributed by atoms with Gasteiger partial charge in [0.1, 0.15) is 5.82 Å². The fourth-order valence-corrected chi connectivity index (χ4v) is 3.47. The van der Waals surface area contributed by atoms with E-state index in [1.54, 1.807) is 29.4 Å². The number of pyridine rings is 1. The highest BCUT2D eigenvalue weighted by Gasteiger charge is 2.26. The number of benzene rings is 1. The minimum Gasteiger partial charge on any atom is -0.483 e. The van der Waals surface area contributed by atoms with Crippen LogP contribution in [0.1, 0.15) is 28.9 Å². The maximum Gasteiger partial charge on any atom is 0.290 e. The summed E-state index contributed by atoms with van der Waals surface area (Å²) in [5.74, 6) is 0.248. The second kappa shape index (κ2) is 11.3. The minimum absolute atomic E-state index is 0.0258. The van der Waals surface area contributed by atoms with Gasteiger partial charge in [0, 0.05) is 36.3 Å². The van der Waals surface area contributed by atoms with Crippen LogP contribution in [-0.2, 0) is 16.1 Å². The second-order valence-electron chi connectivity index (χ2n) is 7.32. The van der Waals surface area contributed by atoms with Crippen LogP contribution in [-0.4, -0.2) is 55.8 Å². The Balaban J connectivity index is 0.000000968. The lowest BCUT2D eigenvalue weighted by atomic mass is 10.1. The first-order chi connectivity index (χ1) is 16.0. The van der Waals surface area contributed by atoms with Crippen molar-refractivity contribution in [2.75, 3.05) is 12.3 Å². The van der Waals surface area contributed by atoms with E-state index < -0.39 is 0 Å². The van der Waals surface area contributed by atoms with Crippen molar-refractivity contribution in [3.63, 3.8) is 0 Å². The van der Waals surface area contributed by atoms with Crippen molar-refractivity contribution in [2.45, 2.75) is 25.4 Å². The van der Waals surface area contributed by atoms with Crippen molar-refractivity contribution in [1.82, 2.24) is 25.2 Å². The van der Waals surface area contributed by atoms with E-state index in [9.17, 15) is 9.59 Å². The van der Waals surface area contributed by atoms with E-state index in [1.807, 2.05) is 30.3 Å². The molecular formula is C23H24N6O4. The minimum atomic E-state index is -0.250. The zero-order valence-corrected chi connectivity index (χ0v) is 17.8. The molecule has 1 fully saturated rings. The van der Waals surface area contributed by atoms with Gasteiger partial charge in [-0.25, -0.2) is 4.98 Å². The first-order valence-electron chi connectivity index (χ1n) is 10.2. The molecule has 170 valence electrons. The van der Waals surface area contributed by atoms with E-state index in [2.05, 4.69) is 20.3 Å². The van der Waals surface area contributed by atoms with Crippen LogP contribution >= 0.6 is 0 Å². The molecule has 0 aliphatic carbocycles. The largest absolute Gasteiger partial charge is 0.483 e. The van der Waals surface area contributed by atoms with Gasteiger partial charge in [0.05, 0.1) is 30.3 Å². The molecule has 0 saturated carbocycles. The monoisotopic (exact) mass is 448 g/mol. The summed E-state index contributed by atoms with van der Waals surface area (Å²) in [4.78, 5) is 47.6. The molecule has 0 spiro atoms. The number of rotatable bonds is 6. The summed E-state index contributed by atoms with van der Waals surface area (Å²) in [6.07, 6.45) is 6.03. The fourth-order valence-electron chi connectivity index (χ4n) is 3.47. The number of carbonyl (C=O) groups excluding carboxylic acids is 2. The summed E-state index contributed by atoms with van der Waals surface area (Å²) in [5, 5.41) is 9.82. The Morgan fingerprint density at radius 3 is 2.58 bits per heavy atom. The van der Waals surface area contributed by atoms with Gasteiger partial charge in [-0.15, -0.1) is 0 Å². The number of carboxylic acid groups (broad SMARTS) is 1. The standard InChI is InChI=1S/C22H22N6O2.CH2O2/c23-20-12-24-11-19(27-20)15-4-6-16(7-5-15)22(30)28(13-17-3-1-2-10-25-17)14-18-8-9-21(29)26-18;2-1-3/h1-7,10-12,18H,8-9,13-14H2,(H2,23,27)(H,26,29);1H,(H,2,3)/t18-;/m0./s1. The molecule has 10 heteroatoms. The number of amides is 2. The van der Waals surface area contributed by atoms with Crippen LogP contribution in [0.4, 0.5) is 5.82 Å². The Hall–Kier alpha value is -4.34. The third-order valence-electron chi connectivity index (χ3n) is 4.97. The van der Waals surface area contributed by atoms with Crippen LogP contribution in [0.25, 0.3) is 11.3 Å². The summed E-state index contributed by atoms with van der Waals surface area (Å²) < 4.78 is 0. The molecule has 1 aromatic carbocycles. The Kier molecular flexibility index (Phi) is 8.01. The molecule has 33 heavy (non-hydrogen) atoms. The molecule has 2 amide bonds. The second-order valence-corrected chi connectivity index (χ2v) is 7.32. The maximum atomic E-state index is 13.3. The van der Waals surface area contributed by atoms with Crippen molar-refractivity contribution in [1.29, 1.82) is 0 Å². The molecular weight excluding hydrogens is 424 g/mol. The van der Waals surface area contributed by atoms with E-state index in [-0.39, 0.29) is 24.3 Å². The molecule has 3 aromatic rings. The van der Waals surface area contributed by atoms with E-state index >= 15 is 0 Å². The molecule has 4 N–H and O–H groups in total. The highest BCUT2D eigenvalue weighted by atomic mass is 16.3. The molecule has 3 heterocycles. The first-order valence-corrected chi connectivity index (χ1v) is 10.2. The van der Waals surface area contributed by atoms with E-state index in [1.165, 1.54) is 6.20 Å². The summed E-state index contributed by atoms with van der Waals surface area (Å²) in [5.41, 5.74) is 8.52. The van der Waals surface area contributed by atoms with Crippen molar-refractivity contribution < 1.29 is 19.5 Å². The van der Waals surface area contributed by atoms with Crippen molar-refractivity contribution in [3.05, 3.63) is 72.3 Å². The molecule has 1 aliphatic heterocycles. The van der Waals surface area contributed by atoms with Crippen molar-refractivity contribution >= 4 is 24.1 Å². The van der Waals surface area contributed by atoms with Gasteiger partial charge in [0.25, 0.3) is 12.4 Å². The first kappa shape index (κ1) is 23.3. The van der Waals surface area contributed by atoms with Crippen LogP contribution in [0.5, 0.6) is 0 Å². The van der Waals surface area contributed by atoms with Gasteiger partial charge >= 0.3 is 0 Å². The molecule has 1 atom stereocenters. The Bertz CT molecular complexity index is 1090.